The van der Waals surface area contributed by atoms with Gasteiger partial charge in [0, 0.05) is 26.9 Å². The van der Waals surface area contributed by atoms with E-state index in [2.05, 4.69) is 188 Å². The van der Waals surface area contributed by atoms with Crippen molar-refractivity contribution in [2.75, 3.05) is 0 Å². The monoisotopic (exact) mass is 623 g/mol. The van der Waals surface area contributed by atoms with Gasteiger partial charge in [-0.3, -0.25) is 0 Å². The van der Waals surface area contributed by atoms with Crippen molar-refractivity contribution in [3.8, 4) is 11.1 Å². The standard InChI is InChI=1S/C43H31NP2/c1-6-18-32(19-7-1)41-37-28-16-30-39(45(33-20-8-2-9-21-33)34-22-10-3-11-23-34)42(37)44-43-38(41)29-17-31-40(43)46(35-24-12-4-13-25-35)36-26-14-5-15-27-36/h1-31H. The number of hydrogen-bond donors (Lipinski definition) is 0. The number of pyridine rings is 1. The van der Waals surface area contributed by atoms with E-state index in [9.17, 15) is 0 Å². The SMILES string of the molecule is c1ccc(-c2c3cccc(P(c4ccccc4)c4ccccc4)c3nc3c(P(c4ccccc4)c4ccccc4)cccc23)cc1. The van der Waals surface area contributed by atoms with Crippen LogP contribution in [0.3, 0.4) is 0 Å². The summed E-state index contributed by atoms with van der Waals surface area (Å²) in [5, 5.41) is 10.2. The maximum absolute atomic E-state index is 5.74. The first-order chi connectivity index (χ1) is 22.9. The van der Waals surface area contributed by atoms with Crippen LogP contribution in [0.5, 0.6) is 0 Å². The Morgan fingerprint density at radius 1 is 0.304 bits per heavy atom. The van der Waals surface area contributed by atoms with Crippen molar-refractivity contribution in [2.45, 2.75) is 0 Å². The van der Waals surface area contributed by atoms with Crippen LogP contribution in [-0.2, 0) is 0 Å². The molecule has 0 atom stereocenters. The Hall–Kier alpha value is -4.93. The lowest BCUT2D eigenvalue weighted by Crippen LogP contribution is -2.23. The Balaban J connectivity index is 1.49. The van der Waals surface area contributed by atoms with Gasteiger partial charge >= 0.3 is 0 Å². The molecule has 0 radical (unpaired) electrons. The first-order valence-electron chi connectivity index (χ1n) is 15.6. The van der Waals surface area contributed by atoms with E-state index in [0.29, 0.717) is 0 Å². The predicted octanol–water partition coefficient (Wildman–Crippen LogP) is 8.57. The second-order valence-electron chi connectivity index (χ2n) is 11.2. The summed E-state index contributed by atoms with van der Waals surface area (Å²) in [7, 11) is -1.70. The number of hydrogen-bond acceptors (Lipinski definition) is 1. The Bertz CT molecular complexity index is 2020. The highest BCUT2D eigenvalue weighted by molar-refractivity contribution is 7.80. The molecule has 0 saturated carbocycles. The molecule has 1 nitrogen and oxygen atoms in total. The molecule has 0 N–H and O–H groups in total. The van der Waals surface area contributed by atoms with Crippen molar-refractivity contribution in [1.82, 2.24) is 4.98 Å². The highest BCUT2D eigenvalue weighted by Crippen LogP contribution is 2.42. The van der Waals surface area contributed by atoms with E-state index >= 15 is 0 Å². The molecule has 0 unspecified atom stereocenters. The van der Waals surface area contributed by atoms with Crippen molar-refractivity contribution >= 4 is 69.5 Å². The summed E-state index contributed by atoms with van der Waals surface area (Å²) in [5.41, 5.74) is 4.62. The molecular weight excluding hydrogens is 592 g/mol. The first kappa shape index (κ1) is 28.5. The lowest BCUT2D eigenvalue weighted by Gasteiger charge is -2.24. The molecule has 3 heteroatoms. The average Bonchev–Trinajstić information content (AvgIpc) is 3.13. The van der Waals surface area contributed by atoms with Crippen molar-refractivity contribution in [3.05, 3.63) is 188 Å². The molecular formula is C43H31NP2. The van der Waals surface area contributed by atoms with E-state index in [1.165, 1.54) is 53.7 Å². The highest BCUT2D eigenvalue weighted by Gasteiger charge is 2.25. The van der Waals surface area contributed by atoms with Crippen LogP contribution in [-0.4, -0.2) is 4.98 Å². The number of fused-ring (bicyclic) bond motifs is 2. The Labute approximate surface area is 272 Å². The summed E-state index contributed by atoms with van der Waals surface area (Å²) >= 11 is 0. The summed E-state index contributed by atoms with van der Waals surface area (Å²) in [5.74, 6) is 0. The molecule has 0 saturated heterocycles. The maximum Gasteiger partial charge on any atom is 0.0799 e. The zero-order valence-corrected chi connectivity index (χ0v) is 27.0. The molecule has 0 aliphatic carbocycles. The largest absolute Gasteiger partial charge is 0.246 e. The molecule has 0 amide bonds. The maximum atomic E-state index is 5.74. The van der Waals surface area contributed by atoms with Gasteiger partial charge in [0.15, 0.2) is 0 Å². The molecule has 0 spiro atoms. The molecule has 0 aliphatic rings. The van der Waals surface area contributed by atoms with Crippen LogP contribution in [0.2, 0.25) is 0 Å². The fourth-order valence-corrected chi connectivity index (χ4v) is 11.2. The van der Waals surface area contributed by atoms with E-state index in [1.807, 2.05) is 0 Å². The lowest BCUT2D eigenvalue weighted by molar-refractivity contribution is 1.52. The van der Waals surface area contributed by atoms with Crippen LogP contribution in [0.15, 0.2) is 188 Å². The van der Waals surface area contributed by atoms with Gasteiger partial charge in [-0.05, 0) is 42.6 Å². The molecule has 8 aromatic rings. The molecule has 1 heterocycles. The number of benzene rings is 7. The first-order valence-corrected chi connectivity index (χ1v) is 18.3. The molecule has 8 rings (SSSR count). The number of rotatable bonds is 7. The average molecular weight is 624 g/mol. The molecule has 0 fully saturated rings. The minimum Gasteiger partial charge on any atom is -0.246 e. The quantitative estimate of drug-likeness (QED) is 0.128. The van der Waals surface area contributed by atoms with Crippen molar-refractivity contribution in [2.24, 2.45) is 0 Å². The van der Waals surface area contributed by atoms with Gasteiger partial charge in [0.1, 0.15) is 0 Å². The smallest absolute Gasteiger partial charge is 0.0799 e. The van der Waals surface area contributed by atoms with Gasteiger partial charge in [-0.2, -0.15) is 0 Å². The van der Waals surface area contributed by atoms with E-state index < -0.39 is 15.8 Å². The van der Waals surface area contributed by atoms with Crippen LogP contribution in [0, 0.1) is 0 Å². The van der Waals surface area contributed by atoms with Crippen LogP contribution < -0.4 is 31.8 Å². The van der Waals surface area contributed by atoms with Gasteiger partial charge in [0.2, 0.25) is 0 Å². The fourth-order valence-electron chi connectivity index (χ4n) is 6.40. The van der Waals surface area contributed by atoms with Crippen LogP contribution in [0.4, 0.5) is 0 Å². The predicted molar refractivity (Wildman–Crippen MR) is 202 cm³/mol. The van der Waals surface area contributed by atoms with Crippen molar-refractivity contribution in [1.29, 1.82) is 0 Å². The minimum atomic E-state index is -0.852. The summed E-state index contributed by atoms with van der Waals surface area (Å²) in [6, 6.07) is 68.3. The van der Waals surface area contributed by atoms with Gasteiger partial charge in [-0.25, -0.2) is 4.98 Å². The third kappa shape index (κ3) is 5.33. The summed E-state index contributed by atoms with van der Waals surface area (Å²) in [6.07, 6.45) is 0. The Morgan fingerprint density at radius 3 is 0.978 bits per heavy atom. The summed E-state index contributed by atoms with van der Waals surface area (Å²) in [6.45, 7) is 0. The third-order valence-electron chi connectivity index (χ3n) is 8.39. The topological polar surface area (TPSA) is 12.9 Å². The van der Waals surface area contributed by atoms with Crippen LogP contribution in [0.1, 0.15) is 0 Å². The molecule has 0 aliphatic heterocycles. The van der Waals surface area contributed by atoms with Crippen molar-refractivity contribution < 1.29 is 0 Å². The van der Waals surface area contributed by atoms with Gasteiger partial charge in [0.05, 0.1) is 11.0 Å². The Kier molecular flexibility index (Phi) is 7.95. The summed E-state index contributed by atoms with van der Waals surface area (Å²) in [4.78, 5) is 5.74. The van der Waals surface area contributed by atoms with Gasteiger partial charge in [-0.15, -0.1) is 0 Å². The van der Waals surface area contributed by atoms with E-state index in [-0.39, 0.29) is 0 Å². The normalized spacial score (nSPS) is 11.4. The molecule has 0 bridgehead atoms. The van der Waals surface area contributed by atoms with Crippen molar-refractivity contribution in [3.63, 3.8) is 0 Å². The fraction of sp³-hybridized carbons (Fsp3) is 0. The minimum absolute atomic E-state index is 0.852. The Morgan fingerprint density at radius 2 is 0.630 bits per heavy atom. The van der Waals surface area contributed by atoms with E-state index in [4.69, 9.17) is 4.98 Å². The van der Waals surface area contributed by atoms with E-state index in [1.54, 1.807) is 0 Å². The molecule has 218 valence electrons. The lowest BCUT2D eigenvalue weighted by atomic mass is 9.96. The van der Waals surface area contributed by atoms with Gasteiger partial charge in [-0.1, -0.05) is 188 Å². The van der Waals surface area contributed by atoms with Gasteiger partial charge in [0.25, 0.3) is 0 Å². The third-order valence-corrected chi connectivity index (χ3v) is 13.3. The molecule has 7 aromatic carbocycles. The zero-order valence-electron chi connectivity index (χ0n) is 25.2. The molecule has 1 aromatic heterocycles. The number of aromatic nitrogens is 1. The zero-order chi connectivity index (χ0) is 30.7. The van der Waals surface area contributed by atoms with Crippen LogP contribution >= 0.6 is 15.8 Å². The second kappa shape index (κ2) is 12.8. The molecule has 46 heavy (non-hydrogen) atoms. The summed E-state index contributed by atoms with van der Waals surface area (Å²) < 4.78 is 0. The van der Waals surface area contributed by atoms with Gasteiger partial charge < -0.3 is 0 Å². The highest BCUT2D eigenvalue weighted by atomic mass is 31.1. The number of nitrogens with zero attached hydrogens (tertiary/aromatic N) is 1. The number of para-hydroxylation sites is 2. The second-order valence-corrected chi connectivity index (χ2v) is 15.6. The van der Waals surface area contributed by atoms with E-state index in [0.717, 1.165) is 11.0 Å². The van der Waals surface area contributed by atoms with Crippen LogP contribution in [0.25, 0.3) is 32.9 Å².